The number of aryl methyl sites for hydroxylation is 2. The monoisotopic (exact) mass is 391 g/mol. The smallest absolute Gasteiger partial charge is 0.303 e. The van der Waals surface area contributed by atoms with Crippen LogP contribution in [0.15, 0.2) is 35.1 Å². The first-order valence-corrected chi connectivity index (χ1v) is 9.94. The van der Waals surface area contributed by atoms with Gasteiger partial charge in [-0.2, -0.15) is 4.98 Å². The molecule has 1 aromatic carbocycles. The van der Waals surface area contributed by atoms with E-state index in [0.717, 1.165) is 41.5 Å². The summed E-state index contributed by atoms with van der Waals surface area (Å²) in [5.74, 6) is 0.243. The van der Waals surface area contributed by atoms with Crippen molar-refractivity contribution in [3.63, 3.8) is 0 Å². The lowest BCUT2D eigenvalue weighted by molar-refractivity contribution is -0.136. The number of carboxylic acids is 1. The molecule has 3 aromatic rings. The van der Waals surface area contributed by atoms with Gasteiger partial charge in [-0.05, 0) is 60.3 Å². The van der Waals surface area contributed by atoms with Gasteiger partial charge in [0.25, 0.3) is 5.89 Å². The molecule has 0 unspecified atom stereocenters. The standard InChI is InChI=1S/C23H25N3O3/c1-14-10-15(5-7-20(27)28)4-6-17(14)21-25-22(29-26-21)19-13-24-12-16-11-23(2,3)9-8-18(16)19/h4,6,10,12-13H,5,7-9,11H2,1-3H3,(H,27,28). The number of aliphatic carboxylic acids is 1. The van der Waals surface area contributed by atoms with Gasteiger partial charge < -0.3 is 9.63 Å². The lowest BCUT2D eigenvalue weighted by Gasteiger charge is -2.31. The van der Waals surface area contributed by atoms with E-state index in [1.165, 1.54) is 11.1 Å². The fourth-order valence-electron chi connectivity index (χ4n) is 4.06. The number of hydrogen-bond acceptors (Lipinski definition) is 5. The van der Waals surface area contributed by atoms with E-state index in [9.17, 15) is 4.79 Å². The summed E-state index contributed by atoms with van der Waals surface area (Å²) >= 11 is 0. The largest absolute Gasteiger partial charge is 0.481 e. The Morgan fingerprint density at radius 2 is 2.07 bits per heavy atom. The highest BCUT2D eigenvalue weighted by molar-refractivity contribution is 5.68. The molecular weight excluding hydrogens is 366 g/mol. The fourth-order valence-corrected chi connectivity index (χ4v) is 4.06. The molecular formula is C23H25N3O3. The number of rotatable bonds is 5. The molecule has 1 aliphatic rings. The first kappa shape index (κ1) is 19.3. The average molecular weight is 391 g/mol. The van der Waals surface area contributed by atoms with E-state index in [1.54, 1.807) is 0 Å². The third kappa shape index (κ3) is 4.06. The van der Waals surface area contributed by atoms with E-state index in [1.807, 2.05) is 37.5 Å². The normalized spacial score (nSPS) is 15.1. The van der Waals surface area contributed by atoms with Gasteiger partial charge >= 0.3 is 5.97 Å². The predicted octanol–water partition coefficient (Wildman–Crippen LogP) is 4.64. The lowest BCUT2D eigenvalue weighted by Crippen LogP contribution is -2.22. The number of carbonyl (C=O) groups is 1. The van der Waals surface area contributed by atoms with Gasteiger partial charge in [0, 0.05) is 24.4 Å². The molecule has 0 amide bonds. The van der Waals surface area contributed by atoms with Crippen molar-refractivity contribution in [2.45, 2.75) is 52.9 Å². The highest BCUT2D eigenvalue weighted by Gasteiger charge is 2.28. The van der Waals surface area contributed by atoms with Crippen LogP contribution in [0, 0.1) is 12.3 Å². The molecule has 6 nitrogen and oxygen atoms in total. The van der Waals surface area contributed by atoms with E-state index in [2.05, 4.69) is 29.0 Å². The molecule has 2 aromatic heterocycles. The minimum atomic E-state index is -0.794. The molecule has 1 N–H and O–H groups in total. The molecule has 0 radical (unpaired) electrons. The summed E-state index contributed by atoms with van der Waals surface area (Å²) in [7, 11) is 0. The maximum Gasteiger partial charge on any atom is 0.303 e. The van der Waals surface area contributed by atoms with Gasteiger partial charge in [-0.15, -0.1) is 0 Å². The maximum atomic E-state index is 10.8. The van der Waals surface area contributed by atoms with Crippen molar-refractivity contribution in [2.75, 3.05) is 0 Å². The minimum absolute atomic E-state index is 0.119. The fraction of sp³-hybridized carbons (Fsp3) is 0.391. The average Bonchev–Trinajstić information content (AvgIpc) is 3.14. The van der Waals surface area contributed by atoms with Gasteiger partial charge in [-0.1, -0.05) is 37.2 Å². The van der Waals surface area contributed by atoms with E-state index in [0.29, 0.717) is 18.1 Å². The maximum absolute atomic E-state index is 10.8. The number of nitrogens with zero attached hydrogens (tertiary/aromatic N) is 3. The van der Waals surface area contributed by atoms with Crippen molar-refractivity contribution in [2.24, 2.45) is 5.41 Å². The minimum Gasteiger partial charge on any atom is -0.481 e. The van der Waals surface area contributed by atoms with E-state index in [4.69, 9.17) is 9.63 Å². The molecule has 29 heavy (non-hydrogen) atoms. The van der Waals surface area contributed by atoms with Crippen LogP contribution in [-0.2, 0) is 24.1 Å². The highest BCUT2D eigenvalue weighted by atomic mass is 16.5. The molecule has 1 aliphatic carbocycles. The van der Waals surface area contributed by atoms with Gasteiger partial charge in [0.2, 0.25) is 5.82 Å². The highest BCUT2D eigenvalue weighted by Crippen LogP contribution is 2.38. The van der Waals surface area contributed by atoms with E-state index in [-0.39, 0.29) is 11.8 Å². The molecule has 0 bridgehead atoms. The zero-order valence-electron chi connectivity index (χ0n) is 17.0. The Kier molecular flexibility index (Phi) is 4.94. The molecule has 0 aliphatic heterocycles. The van der Waals surface area contributed by atoms with Crippen LogP contribution in [0.3, 0.4) is 0 Å². The van der Waals surface area contributed by atoms with Gasteiger partial charge in [-0.3, -0.25) is 9.78 Å². The quantitative estimate of drug-likeness (QED) is 0.681. The van der Waals surface area contributed by atoms with Crippen molar-refractivity contribution < 1.29 is 14.4 Å². The zero-order chi connectivity index (χ0) is 20.6. The van der Waals surface area contributed by atoms with Crippen LogP contribution in [0.2, 0.25) is 0 Å². The van der Waals surface area contributed by atoms with E-state index < -0.39 is 5.97 Å². The number of hydrogen-bond donors (Lipinski definition) is 1. The van der Waals surface area contributed by atoms with Crippen molar-refractivity contribution >= 4 is 5.97 Å². The van der Waals surface area contributed by atoms with Gasteiger partial charge in [-0.25, -0.2) is 0 Å². The Balaban J connectivity index is 1.62. The third-order valence-corrected chi connectivity index (χ3v) is 5.68. The predicted molar refractivity (Wildman–Crippen MR) is 109 cm³/mol. The molecule has 0 fully saturated rings. The Labute approximate surface area is 170 Å². The second-order valence-electron chi connectivity index (χ2n) is 8.63. The number of aromatic nitrogens is 3. The molecule has 6 heteroatoms. The van der Waals surface area contributed by atoms with Crippen LogP contribution >= 0.6 is 0 Å². The Bertz CT molecular complexity index is 1070. The number of carboxylic acid groups (broad SMARTS) is 1. The summed E-state index contributed by atoms with van der Waals surface area (Å²) < 4.78 is 5.61. The second-order valence-corrected chi connectivity index (χ2v) is 8.63. The van der Waals surface area contributed by atoms with Crippen LogP contribution in [0.5, 0.6) is 0 Å². The van der Waals surface area contributed by atoms with Crippen molar-refractivity contribution in [1.29, 1.82) is 0 Å². The number of benzene rings is 1. The van der Waals surface area contributed by atoms with Crippen LogP contribution < -0.4 is 0 Å². The Morgan fingerprint density at radius 1 is 1.24 bits per heavy atom. The van der Waals surface area contributed by atoms with Crippen LogP contribution in [-0.4, -0.2) is 26.2 Å². The summed E-state index contributed by atoms with van der Waals surface area (Å²) in [6.45, 7) is 6.55. The summed E-state index contributed by atoms with van der Waals surface area (Å²) in [6.07, 6.45) is 7.50. The first-order valence-electron chi connectivity index (χ1n) is 9.94. The van der Waals surface area contributed by atoms with Crippen LogP contribution in [0.25, 0.3) is 22.8 Å². The second kappa shape index (κ2) is 7.43. The molecule has 2 heterocycles. The van der Waals surface area contributed by atoms with Crippen molar-refractivity contribution in [1.82, 2.24) is 15.1 Å². The summed E-state index contributed by atoms with van der Waals surface area (Å²) in [5, 5.41) is 13.1. The molecule has 0 saturated heterocycles. The summed E-state index contributed by atoms with van der Waals surface area (Å²) in [6, 6.07) is 5.85. The first-order chi connectivity index (χ1) is 13.8. The zero-order valence-corrected chi connectivity index (χ0v) is 17.0. The van der Waals surface area contributed by atoms with Crippen LogP contribution in [0.4, 0.5) is 0 Å². The van der Waals surface area contributed by atoms with E-state index >= 15 is 0 Å². The van der Waals surface area contributed by atoms with Gasteiger partial charge in [0.15, 0.2) is 0 Å². The Hall–Kier alpha value is -3.02. The molecule has 0 atom stereocenters. The Morgan fingerprint density at radius 3 is 2.83 bits per heavy atom. The number of pyridine rings is 1. The summed E-state index contributed by atoms with van der Waals surface area (Å²) in [5.41, 5.74) is 6.60. The molecule has 0 saturated carbocycles. The molecule has 150 valence electrons. The molecule has 0 spiro atoms. The van der Waals surface area contributed by atoms with Crippen molar-refractivity contribution in [3.8, 4) is 22.8 Å². The molecule has 4 rings (SSSR count). The topological polar surface area (TPSA) is 89.1 Å². The van der Waals surface area contributed by atoms with Gasteiger partial charge in [0.05, 0.1) is 5.56 Å². The SMILES string of the molecule is Cc1cc(CCC(=O)O)ccc1-c1noc(-c2cncc3c2CCC(C)(C)C3)n1. The van der Waals surface area contributed by atoms with Crippen molar-refractivity contribution in [3.05, 3.63) is 52.8 Å². The third-order valence-electron chi connectivity index (χ3n) is 5.68. The number of fused-ring (bicyclic) bond motifs is 1. The lowest BCUT2D eigenvalue weighted by atomic mass is 9.74. The van der Waals surface area contributed by atoms with Gasteiger partial charge in [0.1, 0.15) is 0 Å². The van der Waals surface area contributed by atoms with Crippen LogP contribution in [0.1, 0.15) is 48.9 Å². The summed E-state index contributed by atoms with van der Waals surface area (Å²) in [4.78, 5) is 19.8.